The van der Waals surface area contributed by atoms with Crippen LogP contribution >= 0.6 is 23.4 Å². The van der Waals surface area contributed by atoms with Gasteiger partial charge in [-0.15, -0.1) is 10.2 Å². The van der Waals surface area contributed by atoms with Gasteiger partial charge in [-0.3, -0.25) is 10.1 Å². The highest BCUT2D eigenvalue weighted by atomic mass is 35.5. The maximum absolute atomic E-state index is 12.5. The average Bonchev–Trinajstić information content (AvgIpc) is 2.73. The Morgan fingerprint density at radius 1 is 1.45 bits per heavy atom. The van der Waals surface area contributed by atoms with Crippen LogP contribution in [0.4, 0.5) is 14.5 Å². The number of rotatable bonds is 4. The molecular formula is C9H6ClF2N5O2S. The van der Waals surface area contributed by atoms with Crippen LogP contribution in [0.3, 0.4) is 0 Å². The fourth-order valence-corrected chi connectivity index (χ4v) is 2.34. The van der Waals surface area contributed by atoms with E-state index in [1.54, 1.807) is 0 Å². The highest BCUT2D eigenvalue weighted by molar-refractivity contribution is 7.99. The third-order valence-corrected chi connectivity index (χ3v) is 3.68. The molecule has 0 bridgehead atoms. The van der Waals surface area contributed by atoms with Gasteiger partial charge in [-0.25, -0.2) is 13.5 Å². The van der Waals surface area contributed by atoms with Crippen LogP contribution in [-0.4, -0.2) is 19.8 Å². The van der Waals surface area contributed by atoms with Gasteiger partial charge in [0, 0.05) is 17.0 Å². The molecular weight excluding hydrogens is 316 g/mol. The molecule has 0 unspecified atom stereocenters. The Morgan fingerprint density at radius 2 is 2.15 bits per heavy atom. The molecule has 0 saturated heterocycles. The second-order valence-corrected chi connectivity index (χ2v) is 4.90. The van der Waals surface area contributed by atoms with E-state index >= 15 is 0 Å². The predicted octanol–water partition coefficient (Wildman–Crippen LogP) is 2.64. The van der Waals surface area contributed by atoms with Gasteiger partial charge in [-0.05, 0) is 17.8 Å². The van der Waals surface area contributed by atoms with Gasteiger partial charge in [-0.1, -0.05) is 11.6 Å². The number of nitro benzene ring substituents is 1. The molecule has 1 aromatic heterocycles. The first-order valence-electron chi connectivity index (χ1n) is 5.00. The van der Waals surface area contributed by atoms with Crippen molar-refractivity contribution in [2.75, 3.05) is 5.84 Å². The monoisotopic (exact) mass is 321 g/mol. The molecule has 0 spiro atoms. The molecule has 106 valence electrons. The number of nitro groups is 1. The van der Waals surface area contributed by atoms with Gasteiger partial charge in [-0.2, -0.15) is 0 Å². The quantitative estimate of drug-likeness (QED) is 0.528. The van der Waals surface area contributed by atoms with Crippen molar-refractivity contribution < 1.29 is 13.7 Å². The summed E-state index contributed by atoms with van der Waals surface area (Å²) < 4.78 is 25.6. The standard InChI is InChI=1S/C9H6ClF2N5O2S/c10-5-3-4(17(18)19)1-2-6(5)20-9-15-14-8(7(11)12)16(9)13/h1-3,7H,13H2. The molecule has 0 fully saturated rings. The van der Waals surface area contributed by atoms with Crippen LogP contribution in [0.1, 0.15) is 12.2 Å². The number of hydrogen-bond acceptors (Lipinski definition) is 6. The summed E-state index contributed by atoms with van der Waals surface area (Å²) in [5, 5.41) is 17.4. The zero-order valence-corrected chi connectivity index (χ0v) is 11.1. The van der Waals surface area contributed by atoms with Crippen LogP contribution in [0.15, 0.2) is 28.3 Å². The van der Waals surface area contributed by atoms with Crippen molar-refractivity contribution in [2.24, 2.45) is 0 Å². The molecule has 1 aromatic carbocycles. The summed E-state index contributed by atoms with van der Waals surface area (Å²) >= 11 is 6.75. The lowest BCUT2D eigenvalue weighted by molar-refractivity contribution is -0.384. The number of hydrogen-bond donors (Lipinski definition) is 1. The van der Waals surface area contributed by atoms with E-state index in [1.807, 2.05) is 0 Å². The summed E-state index contributed by atoms with van der Waals surface area (Å²) in [6, 6.07) is 3.76. The van der Waals surface area contributed by atoms with Crippen molar-refractivity contribution in [2.45, 2.75) is 16.5 Å². The van der Waals surface area contributed by atoms with Crippen molar-refractivity contribution in [3.8, 4) is 0 Å². The molecule has 7 nitrogen and oxygen atoms in total. The Bertz CT molecular complexity index is 666. The lowest BCUT2D eigenvalue weighted by Crippen LogP contribution is -2.14. The van der Waals surface area contributed by atoms with E-state index in [0.717, 1.165) is 17.8 Å². The van der Waals surface area contributed by atoms with E-state index in [-0.39, 0.29) is 15.9 Å². The van der Waals surface area contributed by atoms with Crippen molar-refractivity contribution in [1.29, 1.82) is 0 Å². The number of nitrogen functional groups attached to an aromatic ring is 1. The lowest BCUT2D eigenvalue weighted by atomic mass is 10.3. The molecule has 0 aliphatic rings. The predicted molar refractivity (Wildman–Crippen MR) is 67.4 cm³/mol. The fourth-order valence-electron chi connectivity index (χ4n) is 1.29. The van der Waals surface area contributed by atoms with Gasteiger partial charge >= 0.3 is 0 Å². The molecule has 1 heterocycles. The highest BCUT2D eigenvalue weighted by Gasteiger charge is 2.20. The number of aromatic nitrogens is 3. The Balaban J connectivity index is 2.29. The molecule has 2 rings (SSSR count). The molecule has 2 N–H and O–H groups in total. The summed E-state index contributed by atoms with van der Waals surface area (Å²) in [7, 11) is 0. The second-order valence-electron chi connectivity index (χ2n) is 3.49. The largest absolute Gasteiger partial charge is 0.335 e. The smallest absolute Gasteiger partial charge is 0.299 e. The first kappa shape index (κ1) is 14.5. The van der Waals surface area contributed by atoms with E-state index in [4.69, 9.17) is 17.4 Å². The number of halogens is 3. The topological polar surface area (TPSA) is 99.9 Å². The zero-order chi connectivity index (χ0) is 14.9. The SMILES string of the molecule is Nn1c(Sc2ccc([N+](=O)[O-])cc2Cl)nnc1C(F)F. The molecule has 0 atom stereocenters. The van der Waals surface area contributed by atoms with E-state index < -0.39 is 17.2 Å². The Hall–Kier alpha value is -1.94. The van der Waals surface area contributed by atoms with Crippen molar-refractivity contribution >= 4 is 29.1 Å². The van der Waals surface area contributed by atoms with E-state index in [2.05, 4.69) is 10.2 Å². The molecule has 0 aliphatic heterocycles. The normalized spacial score (nSPS) is 11.0. The summed E-state index contributed by atoms with van der Waals surface area (Å²) in [5.74, 6) is 4.74. The second kappa shape index (κ2) is 5.59. The summed E-state index contributed by atoms with van der Waals surface area (Å²) in [6.45, 7) is 0. The van der Waals surface area contributed by atoms with Crippen molar-refractivity contribution in [3.05, 3.63) is 39.2 Å². The van der Waals surface area contributed by atoms with Crippen LogP contribution < -0.4 is 5.84 Å². The Labute approximate surface area is 119 Å². The number of alkyl halides is 2. The summed E-state index contributed by atoms with van der Waals surface area (Å²) in [6.07, 6.45) is -2.85. The molecule has 2 aromatic rings. The third-order valence-electron chi connectivity index (χ3n) is 2.21. The van der Waals surface area contributed by atoms with Crippen LogP contribution in [-0.2, 0) is 0 Å². The summed E-state index contributed by atoms with van der Waals surface area (Å²) in [5.41, 5.74) is -0.179. The number of benzene rings is 1. The van der Waals surface area contributed by atoms with Gasteiger partial charge in [0.05, 0.1) is 9.95 Å². The molecule has 11 heteroatoms. The van der Waals surface area contributed by atoms with Crippen LogP contribution in [0.2, 0.25) is 5.02 Å². The lowest BCUT2D eigenvalue weighted by Gasteiger charge is -2.04. The number of non-ortho nitro benzene ring substituents is 1. The fraction of sp³-hybridized carbons (Fsp3) is 0.111. The Kier molecular flexibility index (Phi) is 4.04. The van der Waals surface area contributed by atoms with Crippen molar-refractivity contribution in [1.82, 2.24) is 14.9 Å². The third kappa shape index (κ3) is 2.80. The maximum Gasteiger partial charge on any atom is 0.299 e. The molecule has 0 amide bonds. The van der Waals surface area contributed by atoms with E-state index in [1.165, 1.54) is 12.1 Å². The Morgan fingerprint density at radius 3 is 2.65 bits per heavy atom. The van der Waals surface area contributed by atoms with E-state index in [0.29, 0.717) is 9.57 Å². The van der Waals surface area contributed by atoms with Crippen LogP contribution in [0.5, 0.6) is 0 Å². The molecule has 20 heavy (non-hydrogen) atoms. The van der Waals surface area contributed by atoms with Gasteiger partial charge in [0.25, 0.3) is 12.1 Å². The van der Waals surface area contributed by atoms with Crippen LogP contribution in [0, 0.1) is 10.1 Å². The number of nitrogens with zero attached hydrogens (tertiary/aromatic N) is 4. The minimum Gasteiger partial charge on any atom is -0.335 e. The number of nitrogens with two attached hydrogens (primary N) is 1. The van der Waals surface area contributed by atoms with Gasteiger partial charge in [0.2, 0.25) is 11.0 Å². The van der Waals surface area contributed by atoms with E-state index in [9.17, 15) is 18.9 Å². The molecule has 0 saturated carbocycles. The van der Waals surface area contributed by atoms with Crippen molar-refractivity contribution in [3.63, 3.8) is 0 Å². The minimum absolute atomic E-state index is 0.00365. The zero-order valence-electron chi connectivity index (χ0n) is 9.53. The minimum atomic E-state index is -2.85. The summed E-state index contributed by atoms with van der Waals surface area (Å²) in [4.78, 5) is 10.4. The maximum atomic E-state index is 12.5. The van der Waals surface area contributed by atoms with Gasteiger partial charge < -0.3 is 5.84 Å². The molecule has 0 aliphatic carbocycles. The first-order valence-corrected chi connectivity index (χ1v) is 6.20. The molecule has 0 radical (unpaired) electrons. The van der Waals surface area contributed by atoms with Gasteiger partial charge in [0.1, 0.15) is 0 Å². The first-order chi connectivity index (χ1) is 9.40. The average molecular weight is 322 g/mol. The van der Waals surface area contributed by atoms with Crippen LogP contribution in [0.25, 0.3) is 0 Å². The van der Waals surface area contributed by atoms with Gasteiger partial charge in [0.15, 0.2) is 0 Å². The highest BCUT2D eigenvalue weighted by Crippen LogP contribution is 2.34.